The Bertz CT molecular complexity index is 701. The summed E-state index contributed by atoms with van der Waals surface area (Å²) in [4.78, 5) is 14.2. The Morgan fingerprint density at radius 2 is 2.17 bits per heavy atom. The highest BCUT2D eigenvalue weighted by Gasteiger charge is 2.35. The van der Waals surface area contributed by atoms with Crippen molar-refractivity contribution in [3.05, 3.63) is 41.2 Å². The molecule has 1 aromatic carbocycles. The smallest absolute Gasteiger partial charge is 0.247 e. The molecule has 1 unspecified atom stereocenters. The zero-order chi connectivity index (χ0) is 16.4. The molecule has 0 N–H and O–H groups in total. The van der Waals surface area contributed by atoms with E-state index in [0.717, 1.165) is 13.0 Å². The average molecular weight is 335 g/mol. The van der Waals surface area contributed by atoms with Crippen LogP contribution in [-0.4, -0.2) is 38.4 Å². The number of halogens is 1. The monoisotopic (exact) mass is 334 g/mol. The van der Waals surface area contributed by atoms with Gasteiger partial charge in [0.1, 0.15) is 24.1 Å². The minimum absolute atomic E-state index is 0.100. The highest BCUT2D eigenvalue weighted by Crippen LogP contribution is 2.25. The molecule has 1 fully saturated rings. The Morgan fingerprint density at radius 1 is 1.39 bits per heavy atom. The van der Waals surface area contributed by atoms with Gasteiger partial charge in [-0.2, -0.15) is 0 Å². The number of ether oxygens (including phenoxy) is 1. The third-order valence-corrected chi connectivity index (χ3v) is 4.24. The number of amides is 1. The number of nitrogens with zero attached hydrogens (tertiary/aromatic N) is 4. The lowest BCUT2D eigenvalue weighted by atomic mass is 10.2. The van der Waals surface area contributed by atoms with E-state index < -0.39 is 0 Å². The van der Waals surface area contributed by atoms with Gasteiger partial charge in [-0.05, 0) is 32.4 Å². The van der Waals surface area contributed by atoms with E-state index in [-0.39, 0.29) is 24.6 Å². The van der Waals surface area contributed by atoms with E-state index in [1.165, 1.54) is 0 Å². The number of para-hydroxylation sites is 1. The molecule has 6 nitrogen and oxygen atoms in total. The highest BCUT2D eigenvalue weighted by atomic mass is 35.5. The van der Waals surface area contributed by atoms with Gasteiger partial charge in [0, 0.05) is 12.6 Å². The van der Waals surface area contributed by atoms with Gasteiger partial charge in [-0.25, -0.2) is 4.68 Å². The Hall–Kier alpha value is -2.08. The summed E-state index contributed by atoms with van der Waals surface area (Å²) in [5, 5.41) is 8.72. The summed E-state index contributed by atoms with van der Waals surface area (Å²) < 4.78 is 7.28. The lowest BCUT2D eigenvalue weighted by molar-refractivity contribution is -0.132. The van der Waals surface area contributed by atoms with E-state index in [2.05, 4.69) is 10.3 Å². The minimum atomic E-state index is -0.265. The molecule has 2 aromatic rings. The van der Waals surface area contributed by atoms with Gasteiger partial charge in [0.15, 0.2) is 0 Å². The number of hydrogen-bond acceptors (Lipinski definition) is 4. The Kier molecular flexibility index (Phi) is 4.52. The van der Waals surface area contributed by atoms with Gasteiger partial charge in [0.2, 0.25) is 5.91 Å². The van der Waals surface area contributed by atoms with Gasteiger partial charge < -0.3 is 9.64 Å². The second kappa shape index (κ2) is 6.58. The van der Waals surface area contributed by atoms with E-state index in [0.29, 0.717) is 16.5 Å². The zero-order valence-electron chi connectivity index (χ0n) is 13.1. The van der Waals surface area contributed by atoms with Crippen LogP contribution in [0.25, 0.3) is 0 Å². The summed E-state index contributed by atoms with van der Waals surface area (Å²) in [6.07, 6.45) is 2.52. The first-order valence-corrected chi connectivity index (χ1v) is 8.02. The second-order valence-corrected chi connectivity index (χ2v) is 6.25. The molecule has 0 radical (unpaired) electrons. The van der Waals surface area contributed by atoms with Crippen molar-refractivity contribution in [2.45, 2.75) is 39.0 Å². The Labute approximate surface area is 140 Å². The van der Waals surface area contributed by atoms with Crippen molar-refractivity contribution >= 4 is 17.5 Å². The van der Waals surface area contributed by atoms with Gasteiger partial charge in [-0.3, -0.25) is 4.79 Å². The predicted octanol–water partition coefficient (Wildman–Crippen LogP) is 2.69. The summed E-state index contributed by atoms with van der Waals surface area (Å²) in [6.45, 7) is 5.06. The number of rotatable bonds is 5. The van der Waals surface area contributed by atoms with E-state index in [4.69, 9.17) is 16.3 Å². The fourth-order valence-electron chi connectivity index (χ4n) is 2.69. The number of likely N-dealkylation sites (tertiary alicyclic amines) is 1. The summed E-state index contributed by atoms with van der Waals surface area (Å²) >= 11 is 6.05. The van der Waals surface area contributed by atoms with Crippen LogP contribution >= 0.6 is 11.6 Å². The molecule has 0 saturated carbocycles. The van der Waals surface area contributed by atoms with Crippen LogP contribution in [0.2, 0.25) is 5.02 Å². The molecule has 0 aliphatic carbocycles. The summed E-state index contributed by atoms with van der Waals surface area (Å²) in [7, 11) is 0. The molecule has 1 aliphatic rings. The first-order chi connectivity index (χ1) is 11.1. The number of carbonyl (C=O) groups is 1. The molecule has 1 atom stereocenters. The van der Waals surface area contributed by atoms with E-state index in [1.807, 2.05) is 30.9 Å². The van der Waals surface area contributed by atoms with Crippen LogP contribution in [0, 0.1) is 0 Å². The summed E-state index contributed by atoms with van der Waals surface area (Å²) in [5.74, 6) is 0.704. The Morgan fingerprint density at radius 3 is 2.87 bits per heavy atom. The third-order valence-electron chi connectivity index (χ3n) is 3.92. The Balaban J connectivity index is 1.65. The van der Waals surface area contributed by atoms with Gasteiger partial charge in [-0.15, -0.1) is 5.10 Å². The molecule has 23 heavy (non-hydrogen) atoms. The molecule has 1 saturated heterocycles. The number of aromatic nitrogens is 3. The standard InChI is InChI=1S/C16H19ClN4O2/c1-11(2)20-8-7-14(16(20)22)21-9-12(18-19-21)10-23-15-6-4-3-5-13(15)17/h3-6,9,11,14H,7-8,10H2,1-2H3. The van der Waals surface area contributed by atoms with Crippen LogP contribution in [-0.2, 0) is 11.4 Å². The summed E-state index contributed by atoms with van der Waals surface area (Å²) in [5.41, 5.74) is 0.667. The molecular formula is C16H19ClN4O2. The van der Waals surface area contributed by atoms with Crippen molar-refractivity contribution in [1.82, 2.24) is 19.9 Å². The second-order valence-electron chi connectivity index (χ2n) is 5.84. The normalized spacial score (nSPS) is 18.0. The molecular weight excluding hydrogens is 316 g/mol. The molecule has 1 aliphatic heterocycles. The largest absolute Gasteiger partial charge is 0.486 e. The summed E-state index contributed by atoms with van der Waals surface area (Å²) in [6, 6.07) is 7.21. The number of carbonyl (C=O) groups excluding carboxylic acids is 1. The lowest BCUT2D eigenvalue weighted by Crippen LogP contribution is -2.34. The van der Waals surface area contributed by atoms with Gasteiger partial charge in [-0.1, -0.05) is 28.9 Å². The van der Waals surface area contributed by atoms with Gasteiger partial charge in [0.25, 0.3) is 0 Å². The average Bonchev–Trinajstić information content (AvgIpc) is 3.12. The van der Waals surface area contributed by atoms with Crippen molar-refractivity contribution in [1.29, 1.82) is 0 Å². The lowest BCUT2D eigenvalue weighted by Gasteiger charge is -2.20. The van der Waals surface area contributed by atoms with Gasteiger partial charge >= 0.3 is 0 Å². The third kappa shape index (κ3) is 3.32. The van der Waals surface area contributed by atoms with Crippen molar-refractivity contribution in [2.24, 2.45) is 0 Å². The van der Waals surface area contributed by atoms with Crippen molar-refractivity contribution in [2.75, 3.05) is 6.54 Å². The maximum absolute atomic E-state index is 12.4. The van der Waals surface area contributed by atoms with Crippen molar-refractivity contribution in [3.8, 4) is 5.75 Å². The highest BCUT2D eigenvalue weighted by molar-refractivity contribution is 6.32. The van der Waals surface area contributed by atoms with E-state index >= 15 is 0 Å². The maximum Gasteiger partial charge on any atom is 0.247 e. The quantitative estimate of drug-likeness (QED) is 0.843. The van der Waals surface area contributed by atoms with Crippen LogP contribution in [0.15, 0.2) is 30.5 Å². The van der Waals surface area contributed by atoms with Crippen molar-refractivity contribution in [3.63, 3.8) is 0 Å². The molecule has 2 heterocycles. The first kappa shape index (κ1) is 15.8. The zero-order valence-corrected chi connectivity index (χ0v) is 13.9. The van der Waals surface area contributed by atoms with Crippen LogP contribution < -0.4 is 4.74 Å². The fourth-order valence-corrected chi connectivity index (χ4v) is 2.88. The van der Waals surface area contributed by atoms with Crippen LogP contribution in [0.5, 0.6) is 5.75 Å². The maximum atomic E-state index is 12.4. The van der Waals surface area contributed by atoms with Crippen molar-refractivity contribution < 1.29 is 9.53 Å². The SMILES string of the molecule is CC(C)N1CCC(n2cc(COc3ccccc3Cl)nn2)C1=O. The van der Waals surface area contributed by atoms with Gasteiger partial charge in [0.05, 0.1) is 11.2 Å². The van der Waals surface area contributed by atoms with Crippen LogP contribution in [0.1, 0.15) is 32.0 Å². The molecule has 0 spiro atoms. The van der Waals surface area contributed by atoms with Crippen LogP contribution in [0.4, 0.5) is 0 Å². The topological polar surface area (TPSA) is 60.2 Å². The molecule has 0 bridgehead atoms. The number of hydrogen-bond donors (Lipinski definition) is 0. The van der Waals surface area contributed by atoms with Crippen LogP contribution in [0.3, 0.4) is 0 Å². The number of benzene rings is 1. The molecule has 7 heteroatoms. The first-order valence-electron chi connectivity index (χ1n) is 7.65. The molecule has 1 amide bonds. The van der Waals surface area contributed by atoms with E-state index in [1.54, 1.807) is 23.0 Å². The fraction of sp³-hybridized carbons (Fsp3) is 0.438. The molecule has 3 rings (SSSR count). The molecule has 122 valence electrons. The minimum Gasteiger partial charge on any atom is -0.486 e. The molecule has 1 aromatic heterocycles. The van der Waals surface area contributed by atoms with E-state index in [9.17, 15) is 4.79 Å². The predicted molar refractivity (Wildman–Crippen MR) is 86.3 cm³/mol.